The van der Waals surface area contributed by atoms with Crippen molar-refractivity contribution in [2.75, 3.05) is 33.3 Å². The van der Waals surface area contributed by atoms with Crippen molar-refractivity contribution in [1.82, 2.24) is 34.1 Å². The second-order valence-electron chi connectivity index (χ2n) is 10.9. The number of aromatic nitrogens is 4. The highest BCUT2D eigenvalue weighted by Gasteiger charge is 2.33. The normalized spacial score (nSPS) is 16.1. The zero-order chi connectivity index (χ0) is 31.0. The summed E-state index contributed by atoms with van der Waals surface area (Å²) in [7, 11) is 3.37. The molecule has 43 heavy (non-hydrogen) atoms. The summed E-state index contributed by atoms with van der Waals surface area (Å²) in [4.78, 5) is 36.5. The highest BCUT2D eigenvalue weighted by molar-refractivity contribution is 5.97. The molecule has 10 nitrogen and oxygen atoms in total. The van der Waals surface area contributed by atoms with Crippen LogP contribution >= 0.6 is 0 Å². The van der Waals surface area contributed by atoms with Crippen molar-refractivity contribution in [1.29, 1.82) is 0 Å². The summed E-state index contributed by atoms with van der Waals surface area (Å²) in [6.45, 7) is 6.68. The average Bonchev–Trinajstić information content (AvgIpc) is 3.60. The Bertz CT molecular complexity index is 1690. The van der Waals surface area contributed by atoms with Gasteiger partial charge in [0.1, 0.15) is 5.75 Å². The largest absolute Gasteiger partial charge is 0.496 e. The van der Waals surface area contributed by atoms with Gasteiger partial charge in [0, 0.05) is 73.5 Å². The number of rotatable bonds is 9. The van der Waals surface area contributed by atoms with Crippen LogP contribution in [0.2, 0.25) is 0 Å². The Kier molecular flexibility index (Phi) is 8.65. The maximum Gasteiger partial charge on any atom is 0.282 e. The molecule has 0 saturated carbocycles. The van der Waals surface area contributed by atoms with Gasteiger partial charge in [-0.1, -0.05) is 0 Å². The zero-order valence-electron chi connectivity index (χ0n) is 24.8. The first-order valence-corrected chi connectivity index (χ1v) is 14.1. The second-order valence-corrected chi connectivity index (χ2v) is 10.9. The van der Waals surface area contributed by atoms with Gasteiger partial charge >= 0.3 is 0 Å². The van der Waals surface area contributed by atoms with Crippen LogP contribution < -0.4 is 15.6 Å². The number of amides is 1. The number of aryl methyl sites for hydroxylation is 2. The summed E-state index contributed by atoms with van der Waals surface area (Å²) in [6, 6.07) is 5.26. The average molecular weight is 600 g/mol. The SMILES string of the molecule is COc1cc(C)[nH]c(=O)c1CNC(=O)c1cc2cc(-c3cncn3C)cn2c(C(C)N2CCN(C(F)C(F)F)CC2)c1C. The highest BCUT2D eigenvalue weighted by atomic mass is 19.3. The van der Waals surface area contributed by atoms with Crippen molar-refractivity contribution in [2.45, 2.75) is 46.1 Å². The predicted octanol–water partition coefficient (Wildman–Crippen LogP) is 3.82. The summed E-state index contributed by atoms with van der Waals surface area (Å²) in [5.74, 6) is 0.0257. The number of fused-ring (bicyclic) bond motifs is 1. The number of hydrogen-bond acceptors (Lipinski definition) is 6. The number of aromatic amines is 1. The van der Waals surface area contributed by atoms with Crippen molar-refractivity contribution < 1.29 is 22.7 Å². The zero-order valence-corrected chi connectivity index (χ0v) is 24.8. The fourth-order valence-electron chi connectivity index (χ4n) is 5.90. The molecule has 2 atom stereocenters. The molecule has 4 aromatic heterocycles. The topological polar surface area (TPSA) is 99.9 Å². The van der Waals surface area contributed by atoms with E-state index in [1.807, 2.05) is 48.2 Å². The molecule has 2 N–H and O–H groups in total. The number of nitrogens with zero attached hydrogens (tertiary/aromatic N) is 5. The van der Waals surface area contributed by atoms with Crippen LogP contribution in [0.3, 0.4) is 0 Å². The minimum Gasteiger partial charge on any atom is -0.496 e. The van der Waals surface area contributed by atoms with E-state index in [0.29, 0.717) is 35.7 Å². The van der Waals surface area contributed by atoms with E-state index < -0.39 is 12.7 Å². The van der Waals surface area contributed by atoms with Crippen molar-refractivity contribution in [3.05, 3.63) is 75.4 Å². The van der Waals surface area contributed by atoms with Gasteiger partial charge in [-0.05, 0) is 44.5 Å². The third kappa shape index (κ3) is 5.91. The number of alkyl halides is 3. The number of imidazole rings is 1. The number of methoxy groups -OCH3 is 1. The Morgan fingerprint density at radius 1 is 1.12 bits per heavy atom. The van der Waals surface area contributed by atoms with Gasteiger partial charge in [-0.25, -0.2) is 18.2 Å². The Hall–Kier alpha value is -4.10. The smallest absolute Gasteiger partial charge is 0.282 e. The molecule has 1 amide bonds. The Labute approximate surface area is 247 Å². The minimum absolute atomic E-state index is 0.0368. The third-order valence-corrected chi connectivity index (χ3v) is 8.27. The molecular weight excluding hydrogens is 563 g/mol. The monoisotopic (exact) mass is 599 g/mol. The van der Waals surface area contributed by atoms with Gasteiger partial charge in [-0.2, -0.15) is 0 Å². The number of hydrogen-bond donors (Lipinski definition) is 2. The van der Waals surface area contributed by atoms with Gasteiger partial charge < -0.3 is 24.0 Å². The maximum absolute atomic E-state index is 14.0. The van der Waals surface area contributed by atoms with Crippen LogP contribution in [-0.4, -0.2) is 80.7 Å². The van der Waals surface area contributed by atoms with Crippen LogP contribution in [0.1, 0.15) is 45.8 Å². The van der Waals surface area contributed by atoms with Crippen LogP contribution in [0.4, 0.5) is 13.2 Å². The van der Waals surface area contributed by atoms with Crippen molar-refractivity contribution in [2.24, 2.45) is 7.05 Å². The summed E-state index contributed by atoms with van der Waals surface area (Å²) >= 11 is 0. The predicted molar refractivity (Wildman–Crippen MR) is 156 cm³/mol. The van der Waals surface area contributed by atoms with Gasteiger partial charge in [0.25, 0.3) is 17.9 Å². The molecule has 1 saturated heterocycles. The van der Waals surface area contributed by atoms with E-state index >= 15 is 0 Å². The number of ether oxygens (including phenoxy) is 1. The lowest BCUT2D eigenvalue weighted by molar-refractivity contribution is -0.0688. The first kappa shape index (κ1) is 30.4. The summed E-state index contributed by atoms with van der Waals surface area (Å²) in [6.07, 6.45) is 0.128. The van der Waals surface area contributed by atoms with Crippen LogP contribution in [0, 0.1) is 13.8 Å². The molecule has 0 bridgehead atoms. The molecular formula is C30H36F3N7O3. The quantitative estimate of drug-likeness (QED) is 0.284. The van der Waals surface area contributed by atoms with E-state index in [2.05, 4.69) is 20.2 Å². The molecule has 0 radical (unpaired) electrons. The lowest BCUT2D eigenvalue weighted by Gasteiger charge is -2.39. The van der Waals surface area contributed by atoms with E-state index in [-0.39, 0.29) is 37.1 Å². The molecule has 230 valence electrons. The number of piperazine rings is 1. The second kappa shape index (κ2) is 12.3. The van der Waals surface area contributed by atoms with Gasteiger partial charge in [-0.15, -0.1) is 0 Å². The Morgan fingerprint density at radius 2 is 1.81 bits per heavy atom. The molecule has 1 aliphatic rings. The lowest BCUT2D eigenvalue weighted by Crippen LogP contribution is -2.51. The van der Waals surface area contributed by atoms with Gasteiger partial charge in [0.2, 0.25) is 6.30 Å². The van der Waals surface area contributed by atoms with E-state index in [0.717, 1.165) is 32.9 Å². The van der Waals surface area contributed by atoms with Gasteiger partial charge in [0.05, 0.1) is 37.4 Å². The Morgan fingerprint density at radius 3 is 2.44 bits per heavy atom. The summed E-state index contributed by atoms with van der Waals surface area (Å²) in [5.41, 5.74) is 5.21. The maximum atomic E-state index is 14.0. The lowest BCUT2D eigenvalue weighted by atomic mass is 10.0. The first-order valence-electron chi connectivity index (χ1n) is 14.1. The number of halogens is 3. The number of carbonyl (C=O) groups is 1. The van der Waals surface area contributed by atoms with Crippen molar-refractivity contribution in [3.63, 3.8) is 0 Å². The molecule has 5 rings (SSSR count). The fourth-order valence-corrected chi connectivity index (χ4v) is 5.90. The van der Waals surface area contributed by atoms with Crippen LogP contribution in [0.25, 0.3) is 16.8 Å². The van der Waals surface area contributed by atoms with Gasteiger partial charge in [-0.3, -0.25) is 19.4 Å². The standard InChI is InChI=1S/C30H36F3N7O3/c1-17-10-25(43-5)23(30(42)36-17)13-35-29(41)22-12-21-11-20(24-14-34-16-37(24)4)15-40(21)26(18(22)2)19(3)38-6-8-39(9-7-38)28(33)27(31)32/h10-12,14-16,19,27-28H,6-9,13H2,1-5H3,(H,35,41)(H,36,42). The number of nitrogens with one attached hydrogen (secondary N) is 2. The van der Waals surface area contributed by atoms with Gasteiger partial charge in [0.15, 0.2) is 0 Å². The van der Waals surface area contributed by atoms with E-state index in [9.17, 15) is 22.8 Å². The third-order valence-electron chi connectivity index (χ3n) is 8.27. The van der Waals surface area contributed by atoms with Crippen LogP contribution in [0.5, 0.6) is 5.75 Å². The molecule has 0 aromatic carbocycles. The van der Waals surface area contributed by atoms with E-state index in [4.69, 9.17) is 4.74 Å². The van der Waals surface area contributed by atoms with Crippen molar-refractivity contribution >= 4 is 11.4 Å². The minimum atomic E-state index is -3.05. The number of H-pyrrole nitrogens is 1. The summed E-state index contributed by atoms with van der Waals surface area (Å²) < 4.78 is 49.3. The molecule has 0 aliphatic carbocycles. The van der Waals surface area contributed by atoms with E-state index in [1.54, 1.807) is 25.5 Å². The number of carbonyl (C=O) groups excluding carboxylic acids is 1. The molecule has 1 fully saturated rings. The molecule has 0 spiro atoms. The van der Waals surface area contributed by atoms with Crippen molar-refractivity contribution in [3.8, 4) is 17.0 Å². The van der Waals surface area contributed by atoms with E-state index in [1.165, 1.54) is 7.11 Å². The molecule has 13 heteroatoms. The Balaban J connectivity index is 1.51. The molecule has 4 aromatic rings. The van der Waals surface area contributed by atoms with Crippen LogP contribution in [0.15, 0.2) is 41.7 Å². The summed E-state index contributed by atoms with van der Waals surface area (Å²) in [5, 5.41) is 2.88. The molecule has 2 unspecified atom stereocenters. The first-order chi connectivity index (χ1) is 20.5. The molecule has 5 heterocycles. The molecule has 1 aliphatic heterocycles. The van der Waals surface area contributed by atoms with Crippen LogP contribution in [-0.2, 0) is 13.6 Å². The number of pyridine rings is 2. The fraction of sp³-hybridized carbons (Fsp3) is 0.433. The highest BCUT2D eigenvalue weighted by Crippen LogP contribution is 2.32.